The van der Waals surface area contributed by atoms with Crippen LogP contribution in [0, 0.1) is 12.3 Å². The van der Waals surface area contributed by atoms with Crippen molar-refractivity contribution in [2.24, 2.45) is 5.73 Å². The fraction of sp³-hybridized carbons (Fsp3) is 0.583. The highest BCUT2D eigenvalue weighted by molar-refractivity contribution is 5.93. The van der Waals surface area contributed by atoms with E-state index in [2.05, 4.69) is 16.9 Å². The molecule has 1 aliphatic heterocycles. The van der Waals surface area contributed by atoms with Crippen LogP contribution in [0.15, 0.2) is 6.07 Å². The van der Waals surface area contributed by atoms with E-state index in [9.17, 15) is 0 Å². The predicted octanol–water partition coefficient (Wildman–Crippen LogP) is 0.683. The molecule has 0 bridgehead atoms. The third kappa shape index (κ3) is 2.43. The van der Waals surface area contributed by atoms with Crippen molar-refractivity contribution in [2.45, 2.75) is 32.4 Å². The zero-order chi connectivity index (χ0) is 13.3. The van der Waals surface area contributed by atoms with Gasteiger partial charge in [-0.15, -0.1) is 0 Å². The molecule has 2 unspecified atom stereocenters. The van der Waals surface area contributed by atoms with Gasteiger partial charge in [0.15, 0.2) is 0 Å². The first kappa shape index (κ1) is 12.8. The zero-order valence-electron chi connectivity index (χ0n) is 11.0. The minimum absolute atomic E-state index is 0.0362. The molecule has 1 aliphatic rings. The van der Waals surface area contributed by atoms with Crippen molar-refractivity contribution in [3.63, 3.8) is 0 Å². The predicted molar refractivity (Wildman–Crippen MR) is 70.0 cm³/mol. The monoisotopic (exact) mass is 249 g/mol. The number of nitrogens with two attached hydrogens (primary N) is 1. The summed E-state index contributed by atoms with van der Waals surface area (Å²) in [5.41, 5.74) is 6.76. The second-order valence-corrected chi connectivity index (χ2v) is 4.65. The second-order valence-electron chi connectivity index (χ2n) is 4.65. The molecule has 2 atom stereocenters. The van der Waals surface area contributed by atoms with Crippen molar-refractivity contribution in [1.29, 1.82) is 5.41 Å². The van der Waals surface area contributed by atoms with Crippen molar-refractivity contribution in [1.82, 2.24) is 9.97 Å². The minimum Gasteiger partial charge on any atom is -0.382 e. The molecular formula is C12H19N5O. The highest BCUT2D eigenvalue weighted by Crippen LogP contribution is 2.22. The van der Waals surface area contributed by atoms with Crippen molar-refractivity contribution < 1.29 is 4.74 Å². The summed E-state index contributed by atoms with van der Waals surface area (Å²) in [6, 6.07) is 1.99. The molecule has 6 heteroatoms. The zero-order valence-corrected chi connectivity index (χ0v) is 11.0. The molecule has 1 fully saturated rings. The third-order valence-electron chi connectivity index (χ3n) is 3.27. The Labute approximate surface area is 107 Å². The molecule has 1 aromatic heterocycles. The van der Waals surface area contributed by atoms with Crippen molar-refractivity contribution >= 4 is 11.8 Å². The van der Waals surface area contributed by atoms with E-state index in [1.165, 1.54) is 0 Å². The van der Waals surface area contributed by atoms with E-state index in [0.717, 1.165) is 18.7 Å². The van der Waals surface area contributed by atoms with Gasteiger partial charge in [-0.2, -0.15) is 0 Å². The number of amidine groups is 1. The Morgan fingerprint density at radius 1 is 1.56 bits per heavy atom. The summed E-state index contributed by atoms with van der Waals surface area (Å²) in [4.78, 5) is 10.7. The Kier molecular flexibility index (Phi) is 3.47. The van der Waals surface area contributed by atoms with E-state index < -0.39 is 0 Å². The van der Waals surface area contributed by atoms with Crippen LogP contribution in [0.5, 0.6) is 0 Å². The molecule has 2 rings (SSSR count). The van der Waals surface area contributed by atoms with Crippen LogP contribution in [0.25, 0.3) is 0 Å². The molecule has 1 aromatic rings. The van der Waals surface area contributed by atoms with E-state index in [1.54, 1.807) is 6.07 Å². The number of hydrogen-bond donors (Lipinski definition) is 2. The highest BCUT2D eigenvalue weighted by atomic mass is 16.5. The highest BCUT2D eigenvalue weighted by Gasteiger charge is 2.29. The van der Waals surface area contributed by atoms with Gasteiger partial charge in [-0.1, -0.05) is 0 Å². The average Bonchev–Trinajstić information content (AvgIpc) is 2.73. The maximum Gasteiger partial charge on any atom is 0.226 e. The van der Waals surface area contributed by atoms with Gasteiger partial charge >= 0.3 is 0 Å². The van der Waals surface area contributed by atoms with E-state index in [1.807, 2.05) is 18.9 Å². The number of aromatic nitrogens is 2. The summed E-state index contributed by atoms with van der Waals surface area (Å²) in [7, 11) is 1.95. The largest absolute Gasteiger partial charge is 0.382 e. The van der Waals surface area contributed by atoms with Crippen LogP contribution < -0.4 is 10.6 Å². The summed E-state index contributed by atoms with van der Waals surface area (Å²) >= 11 is 0. The minimum atomic E-state index is -0.0362. The number of anilines is 1. The number of nitrogen functional groups attached to an aromatic ring is 1. The maximum absolute atomic E-state index is 7.46. The van der Waals surface area contributed by atoms with Gasteiger partial charge in [-0.25, -0.2) is 9.97 Å². The summed E-state index contributed by atoms with van der Waals surface area (Å²) in [6.45, 7) is 4.69. The van der Waals surface area contributed by atoms with Gasteiger partial charge in [-0.05, 0) is 26.3 Å². The lowest BCUT2D eigenvalue weighted by molar-refractivity contribution is 0.118. The van der Waals surface area contributed by atoms with E-state index >= 15 is 0 Å². The molecule has 1 saturated heterocycles. The topological polar surface area (TPSA) is 88.1 Å². The quantitative estimate of drug-likeness (QED) is 0.607. The Balaban J connectivity index is 2.29. The van der Waals surface area contributed by atoms with Crippen LogP contribution in [0.2, 0.25) is 0 Å². The number of nitrogens with zero attached hydrogens (tertiary/aromatic N) is 3. The van der Waals surface area contributed by atoms with Crippen LogP contribution in [0.4, 0.5) is 5.95 Å². The lowest BCUT2D eigenvalue weighted by atomic mass is 10.1. The smallest absolute Gasteiger partial charge is 0.226 e. The molecule has 18 heavy (non-hydrogen) atoms. The number of nitrogens with one attached hydrogen (secondary N) is 1. The van der Waals surface area contributed by atoms with E-state index in [0.29, 0.717) is 11.6 Å². The SMILES string of the molecule is Cc1cc(C(=N)N)nc(N(C)C2CCOC2C)n1. The third-order valence-corrected chi connectivity index (χ3v) is 3.27. The lowest BCUT2D eigenvalue weighted by Crippen LogP contribution is -2.38. The normalized spacial score (nSPS) is 23.1. The Bertz CT molecular complexity index is 462. The van der Waals surface area contributed by atoms with Crippen LogP contribution >= 0.6 is 0 Å². The van der Waals surface area contributed by atoms with Crippen molar-refractivity contribution in [3.8, 4) is 0 Å². The van der Waals surface area contributed by atoms with Gasteiger partial charge in [0, 0.05) is 19.3 Å². The van der Waals surface area contributed by atoms with Gasteiger partial charge < -0.3 is 15.4 Å². The van der Waals surface area contributed by atoms with Gasteiger partial charge in [0.25, 0.3) is 0 Å². The van der Waals surface area contributed by atoms with Crippen molar-refractivity contribution in [2.75, 3.05) is 18.6 Å². The number of hydrogen-bond acceptors (Lipinski definition) is 5. The number of aryl methyl sites for hydroxylation is 1. The molecule has 2 heterocycles. The van der Waals surface area contributed by atoms with Crippen LogP contribution in [0.1, 0.15) is 24.7 Å². The molecule has 3 N–H and O–H groups in total. The molecule has 0 saturated carbocycles. The average molecular weight is 249 g/mol. The van der Waals surface area contributed by atoms with Crippen molar-refractivity contribution in [3.05, 3.63) is 17.5 Å². The van der Waals surface area contributed by atoms with Gasteiger partial charge in [-0.3, -0.25) is 5.41 Å². The molecule has 6 nitrogen and oxygen atoms in total. The van der Waals surface area contributed by atoms with Gasteiger partial charge in [0.2, 0.25) is 5.95 Å². The number of likely N-dealkylation sites (N-methyl/N-ethyl adjacent to an activating group) is 1. The fourth-order valence-electron chi connectivity index (χ4n) is 2.23. The Morgan fingerprint density at radius 2 is 2.28 bits per heavy atom. The second kappa shape index (κ2) is 4.89. The summed E-state index contributed by atoms with van der Waals surface area (Å²) in [6.07, 6.45) is 1.13. The van der Waals surface area contributed by atoms with Gasteiger partial charge in [0.1, 0.15) is 11.5 Å². The Morgan fingerprint density at radius 3 is 2.83 bits per heavy atom. The Hall–Kier alpha value is -1.69. The van der Waals surface area contributed by atoms with Crippen LogP contribution in [-0.2, 0) is 4.74 Å². The standard InChI is InChI=1S/C12H19N5O/c1-7-6-9(11(13)14)16-12(15-7)17(3)10-4-5-18-8(10)2/h6,8,10H,4-5H2,1-3H3,(H3,13,14). The number of rotatable bonds is 3. The van der Waals surface area contributed by atoms with E-state index in [4.69, 9.17) is 15.9 Å². The molecule has 0 amide bonds. The van der Waals surface area contributed by atoms with E-state index in [-0.39, 0.29) is 18.0 Å². The fourth-order valence-corrected chi connectivity index (χ4v) is 2.23. The molecule has 0 aliphatic carbocycles. The first-order chi connectivity index (χ1) is 8.49. The van der Waals surface area contributed by atoms with Crippen LogP contribution in [0.3, 0.4) is 0 Å². The molecule has 0 spiro atoms. The summed E-state index contributed by atoms with van der Waals surface area (Å²) in [5.74, 6) is 0.563. The molecule has 0 radical (unpaired) electrons. The summed E-state index contributed by atoms with van der Waals surface area (Å²) in [5, 5.41) is 7.46. The maximum atomic E-state index is 7.46. The molecule has 98 valence electrons. The molecule has 0 aromatic carbocycles. The van der Waals surface area contributed by atoms with Gasteiger partial charge in [0.05, 0.1) is 12.1 Å². The first-order valence-corrected chi connectivity index (χ1v) is 6.03. The first-order valence-electron chi connectivity index (χ1n) is 6.03. The number of ether oxygens (including phenoxy) is 1. The van der Waals surface area contributed by atoms with Crippen LogP contribution in [-0.4, -0.2) is 41.6 Å². The lowest BCUT2D eigenvalue weighted by Gasteiger charge is -2.27. The molecular weight excluding hydrogens is 230 g/mol. The summed E-state index contributed by atoms with van der Waals surface area (Å²) < 4.78 is 5.55.